The second kappa shape index (κ2) is 3.79. The molecule has 1 aromatic heterocycles. The van der Waals surface area contributed by atoms with Crippen LogP contribution in [0.25, 0.3) is 0 Å². The molecule has 0 bridgehead atoms. The number of aromatic nitrogens is 2. The van der Waals surface area contributed by atoms with Crippen LogP contribution in [0, 0.1) is 5.41 Å². The van der Waals surface area contributed by atoms with Crippen LogP contribution >= 0.6 is 0 Å². The Morgan fingerprint density at radius 3 is 2.79 bits per heavy atom. The molecule has 1 heterocycles. The van der Waals surface area contributed by atoms with Gasteiger partial charge >= 0.3 is 5.97 Å². The molecule has 0 unspecified atom stereocenters. The maximum Gasteiger partial charge on any atom is 0.338 e. The normalized spacial score (nSPS) is 11.4. The number of nitrogens with two attached hydrogens (primary N) is 1. The molecule has 0 saturated carbocycles. The minimum absolute atomic E-state index is 0.289. The molecule has 0 spiro atoms. The highest BCUT2D eigenvalue weighted by molar-refractivity contribution is 5.75. The van der Waals surface area contributed by atoms with E-state index in [9.17, 15) is 4.79 Å². The van der Waals surface area contributed by atoms with Crippen molar-refractivity contribution in [2.24, 2.45) is 11.1 Å². The predicted octanol–water partition coefficient (Wildman–Crippen LogP) is 0.343. The summed E-state index contributed by atoms with van der Waals surface area (Å²) in [5.74, 6) is -0.315. The van der Waals surface area contributed by atoms with Gasteiger partial charge in [-0.05, 0) is 20.8 Å². The standard InChI is InChI=1S/C9H15N3O2/c1-9(2,3)8(13)14-12-6-11-5-7(12)4-10/h5-6H,4,10H2,1-3H3. The van der Waals surface area contributed by atoms with Gasteiger partial charge in [-0.3, -0.25) is 0 Å². The van der Waals surface area contributed by atoms with E-state index in [1.54, 1.807) is 27.0 Å². The van der Waals surface area contributed by atoms with Crippen LogP contribution in [0.3, 0.4) is 0 Å². The summed E-state index contributed by atoms with van der Waals surface area (Å²) in [6.45, 7) is 5.65. The van der Waals surface area contributed by atoms with Gasteiger partial charge in [0.05, 0.1) is 17.3 Å². The molecule has 0 aromatic carbocycles. The van der Waals surface area contributed by atoms with Gasteiger partial charge < -0.3 is 10.6 Å². The fourth-order valence-electron chi connectivity index (χ4n) is 0.762. The van der Waals surface area contributed by atoms with Crippen molar-refractivity contribution in [3.8, 4) is 0 Å². The average molecular weight is 197 g/mol. The van der Waals surface area contributed by atoms with Crippen LogP contribution in [0.1, 0.15) is 26.5 Å². The highest BCUT2D eigenvalue weighted by Crippen LogP contribution is 2.13. The fraction of sp³-hybridized carbons (Fsp3) is 0.556. The Balaban J connectivity index is 2.74. The number of imidazole rings is 1. The molecule has 0 aliphatic heterocycles. The van der Waals surface area contributed by atoms with Crippen LogP contribution in [-0.4, -0.2) is 15.7 Å². The van der Waals surface area contributed by atoms with Gasteiger partial charge in [-0.25, -0.2) is 9.78 Å². The summed E-state index contributed by atoms with van der Waals surface area (Å²) in [5.41, 5.74) is 5.57. The predicted molar refractivity (Wildman–Crippen MR) is 51.2 cm³/mol. The Kier molecular flexibility index (Phi) is 2.90. The fourth-order valence-corrected chi connectivity index (χ4v) is 0.762. The van der Waals surface area contributed by atoms with Crippen LogP contribution in [0.2, 0.25) is 0 Å². The van der Waals surface area contributed by atoms with E-state index in [0.717, 1.165) is 0 Å². The lowest BCUT2D eigenvalue weighted by Crippen LogP contribution is -2.32. The van der Waals surface area contributed by atoms with Gasteiger partial charge in [0, 0.05) is 6.54 Å². The van der Waals surface area contributed by atoms with Crippen molar-refractivity contribution in [1.29, 1.82) is 0 Å². The van der Waals surface area contributed by atoms with Crippen LogP contribution < -0.4 is 10.6 Å². The Bertz CT molecular complexity index is 325. The number of carbonyl (C=O) groups excluding carboxylic acids is 1. The van der Waals surface area contributed by atoms with Crippen LogP contribution in [-0.2, 0) is 11.3 Å². The first-order chi connectivity index (χ1) is 6.45. The zero-order valence-electron chi connectivity index (χ0n) is 8.65. The quantitative estimate of drug-likeness (QED) is 0.742. The maximum atomic E-state index is 11.5. The van der Waals surface area contributed by atoms with Gasteiger partial charge in [0.15, 0.2) is 0 Å². The third-order valence-electron chi connectivity index (χ3n) is 1.68. The van der Waals surface area contributed by atoms with Gasteiger partial charge in [-0.15, -0.1) is 0 Å². The van der Waals surface area contributed by atoms with Crippen molar-refractivity contribution >= 4 is 5.97 Å². The number of hydrogen-bond donors (Lipinski definition) is 1. The Morgan fingerprint density at radius 1 is 1.64 bits per heavy atom. The lowest BCUT2D eigenvalue weighted by Gasteiger charge is -2.16. The van der Waals surface area contributed by atoms with Crippen molar-refractivity contribution in [3.63, 3.8) is 0 Å². The monoisotopic (exact) mass is 197 g/mol. The van der Waals surface area contributed by atoms with E-state index in [4.69, 9.17) is 10.6 Å². The van der Waals surface area contributed by atoms with Gasteiger partial charge in [0.1, 0.15) is 6.33 Å². The van der Waals surface area contributed by atoms with Crippen LogP contribution in [0.4, 0.5) is 0 Å². The molecular formula is C9H15N3O2. The van der Waals surface area contributed by atoms with E-state index in [2.05, 4.69) is 4.98 Å². The Morgan fingerprint density at radius 2 is 2.29 bits per heavy atom. The summed E-state index contributed by atoms with van der Waals surface area (Å²) < 4.78 is 1.30. The van der Waals surface area contributed by atoms with E-state index >= 15 is 0 Å². The second-order valence-corrected chi connectivity index (χ2v) is 4.04. The smallest absolute Gasteiger partial charge is 0.335 e. The van der Waals surface area contributed by atoms with Crippen LogP contribution in [0.5, 0.6) is 0 Å². The number of rotatable bonds is 2. The molecule has 2 N–H and O–H groups in total. The zero-order chi connectivity index (χ0) is 10.8. The Hall–Kier alpha value is -1.36. The zero-order valence-corrected chi connectivity index (χ0v) is 8.65. The van der Waals surface area contributed by atoms with Crippen molar-refractivity contribution < 1.29 is 9.63 Å². The third-order valence-corrected chi connectivity index (χ3v) is 1.68. The number of hydrogen-bond acceptors (Lipinski definition) is 4. The summed E-state index contributed by atoms with van der Waals surface area (Å²) in [6, 6.07) is 0. The van der Waals surface area contributed by atoms with E-state index in [-0.39, 0.29) is 12.5 Å². The van der Waals surface area contributed by atoms with E-state index in [1.165, 1.54) is 11.1 Å². The molecule has 0 atom stereocenters. The molecule has 0 aliphatic carbocycles. The van der Waals surface area contributed by atoms with Crippen molar-refractivity contribution in [1.82, 2.24) is 9.71 Å². The topological polar surface area (TPSA) is 70.1 Å². The summed E-state index contributed by atoms with van der Waals surface area (Å²) in [5, 5.41) is 0. The first-order valence-electron chi connectivity index (χ1n) is 4.39. The second-order valence-electron chi connectivity index (χ2n) is 4.04. The molecule has 0 saturated heterocycles. The van der Waals surface area contributed by atoms with E-state index in [1.807, 2.05) is 0 Å². The van der Waals surface area contributed by atoms with Crippen molar-refractivity contribution in [2.75, 3.05) is 0 Å². The van der Waals surface area contributed by atoms with Crippen molar-refractivity contribution in [3.05, 3.63) is 18.2 Å². The Labute approximate surface area is 82.8 Å². The first-order valence-corrected chi connectivity index (χ1v) is 4.39. The van der Waals surface area contributed by atoms with E-state index < -0.39 is 5.41 Å². The van der Waals surface area contributed by atoms with Gasteiger partial charge in [-0.1, -0.05) is 0 Å². The summed E-state index contributed by atoms with van der Waals surface area (Å²) >= 11 is 0. The van der Waals surface area contributed by atoms with Crippen molar-refractivity contribution in [2.45, 2.75) is 27.3 Å². The third kappa shape index (κ3) is 2.32. The molecule has 0 amide bonds. The first kappa shape index (κ1) is 10.7. The van der Waals surface area contributed by atoms with Gasteiger partial charge in [-0.2, -0.15) is 4.73 Å². The van der Waals surface area contributed by atoms with Gasteiger partial charge in [0.25, 0.3) is 0 Å². The number of nitrogens with zero attached hydrogens (tertiary/aromatic N) is 2. The molecule has 1 aromatic rings. The largest absolute Gasteiger partial charge is 0.338 e. The minimum atomic E-state index is -0.532. The number of carbonyl (C=O) groups is 1. The highest BCUT2D eigenvalue weighted by atomic mass is 16.7. The molecule has 0 fully saturated rings. The molecule has 5 heteroatoms. The molecule has 5 nitrogen and oxygen atoms in total. The minimum Gasteiger partial charge on any atom is -0.335 e. The van der Waals surface area contributed by atoms with Crippen LogP contribution in [0.15, 0.2) is 12.5 Å². The highest BCUT2D eigenvalue weighted by Gasteiger charge is 2.24. The molecule has 1 rings (SSSR count). The van der Waals surface area contributed by atoms with E-state index in [0.29, 0.717) is 5.69 Å². The molecule has 0 aliphatic rings. The SMILES string of the molecule is CC(C)(C)C(=O)On1cncc1CN. The molecular weight excluding hydrogens is 182 g/mol. The molecule has 78 valence electrons. The van der Waals surface area contributed by atoms with Gasteiger partial charge in [0.2, 0.25) is 0 Å². The summed E-state index contributed by atoms with van der Waals surface area (Å²) in [4.78, 5) is 20.4. The molecule has 0 radical (unpaired) electrons. The average Bonchev–Trinajstić information content (AvgIpc) is 2.50. The lowest BCUT2D eigenvalue weighted by atomic mass is 9.98. The summed E-state index contributed by atoms with van der Waals surface area (Å²) in [7, 11) is 0. The molecule has 14 heavy (non-hydrogen) atoms. The lowest BCUT2D eigenvalue weighted by molar-refractivity contribution is -0.153. The maximum absolute atomic E-state index is 11.5. The summed E-state index contributed by atoms with van der Waals surface area (Å²) in [6.07, 6.45) is 2.99.